The Kier molecular flexibility index (Phi) is 5.81. The quantitative estimate of drug-likeness (QED) is 0.564. The molecule has 2 amide bonds. The van der Waals surface area contributed by atoms with Gasteiger partial charge < -0.3 is 15.7 Å². The number of fused-ring (bicyclic) bond motifs is 1. The number of aryl methyl sites for hydroxylation is 1. The molecule has 1 aliphatic heterocycles. The zero-order chi connectivity index (χ0) is 22.0. The minimum atomic E-state index is -0.324. The first-order chi connectivity index (χ1) is 15.0. The van der Waals surface area contributed by atoms with Gasteiger partial charge in [-0.1, -0.05) is 30.3 Å². The van der Waals surface area contributed by atoms with E-state index in [0.717, 1.165) is 22.3 Å². The third-order valence-electron chi connectivity index (χ3n) is 5.36. The number of hydrogen-bond donors (Lipinski definition) is 3. The van der Waals surface area contributed by atoms with Crippen LogP contribution >= 0.6 is 0 Å². The SMILES string of the molecule is Cc1cc(F)ccc1-c1nc(NCCO)nc2c1CNC(=O)N2[C@@H](C)c1ccccc1. The maximum absolute atomic E-state index is 13.7. The summed E-state index contributed by atoms with van der Waals surface area (Å²) < 4.78 is 13.7. The van der Waals surface area contributed by atoms with E-state index >= 15 is 0 Å². The Morgan fingerprint density at radius 2 is 2.00 bits per heavy atom. The average Bonchev–Trinajstić information content (AvgIpc) is 2.77. The number of urea groups is 1. The molecule has 2 heterocycles. The molecule has 3 N–H and O–H groups in total. The van der Waals surface area contributed by atoms with E-state index in [-0.39, 0.29) is 37.6 Å². The summed E-state index contributed by atoms with van der Waals surface area (Å²) in [5.41, 5.74) is 3.83. The van der Waals surface area contributed by atoms with Crippen LogP contribution in [0, 0.1) is 12.7 Å². The van der Waals surface area contributed by atoms with E-state index in [0.29, 0.717) is 17.5 Å². The van der Waals surface area contributed by atoms with Gasteiger partial charge in [0.15, 0.2) is 0 Å². The Labute approximate surface area is 180 Å². The van der Waals surface area contributed by atoms with Crippen LogP contribution in [-0.4, -0.2) is 34.3 Å². The highest BCUT2D eigenvalue weighted by molar-refractivity contribution is 5.96. The second-order valence-corrected chi connectivity index (χ2v) is 7.42. The summed E-state index contributed by atoms with van der Waals surface area (Å²) in [6, 6.07) is 13.7. The highest BCUT2D eigenvalue weighted by Gasteiger charge is 2.33. The first-order valence-electron chi connectivity index (χ1n) is 10.1. The maximum Gasteiger partial charge on any atom is 0.323 e. The number of aliphatic hydroxyl groups is 1. The molecule has 1 aliphatic rings. The Morgan fingerprint density at radius 1 is 1.23 bits per heavy atom. The smallest absolute Gasteiger partial charge is 0.323 e. The predicted octanol–water partition coefficient (Wildman–Crippen LogP) is 3.79. The Morgan fingerprint density at radius 3 is 2.71 bits per heavy atom. The van der Waals surface area contributed by atoms with Gasteiger partial charge in [-0.15, -0.1) is 0 Å². The third-order valence-corrected chi connectivity index (χ3v) is 5.36. The van der Waals surface area contributed by atoms with Gasteiger partial charge in [0.05, 0.1) is 24.9 Å². The second-order valence-electron chi connectivity index (χ2n) is 7.42. The number of nitrogens with zero attached hydrogens (tertiary/aromatic N) is 3. The normalized spacial score (nSPS) is 14.1. The van der Waals surface area contributed by atoms with Crippen molar-refractivity contribution in [2.75, 3.05) is 23.4 Å². The number of carbonyl (C=O) groups is 1. The number of anilines is 2. The van der Waals surface area contributed by atoms with Gasteiger partial charge in [0, 0.05) is 17.7 Å². The number of aromatic nitrogens is 2. The van der Waals surface area contributed by atoms with Crippen LogP contribution in [0.4, 0.5) is 21.0 Å². The fourth-order valence-electron chi connectivity index (χ4n) is 3.78. The molecule has 0 spiro atoms. The molecule has 2 aromatic carbocycles. The summed E-state index contributed by atoms with van der Waals surface area (Å²) >= 11 is 0. The number of carbonyl (C=O) groups excluding carboxylic acids is 1. The molecule has 1 atom stereocenters. The van der Waals surface area contributed by atoms with E-state index in [9.17, 15) is 14.3 Å². The molecule has 0 radical (unpaired) electrons. The van der Waals surface area contributed by atoms with Gasteiger partial charge in [-0.2, -0.15) is 4.98 Å². The van der Waals surface area contributed by atoms with Crippen molar-refractivity contribution in [3.05, 3.63) is 71.0 Å². The molecule has 7 nitrogen and oxygen atoms in total. The van der Waals surface area contributed by atoms with Crippen LogP contribution in [0.3, 0.4) is 0 Å². The van der Waals surface area contributed by atoms with Crippen molar-refractivity contribution < 1.29 is 14.3 Å². The summed E-state index contributed by atoms with van der Waals surface area (Å²) in [7, 11) is 0. The van der Waals surface area contributed by atoms with Gasteiger partial charge in [0.25, 0.3) is 0 Å². The fourth-order valence-corrected chi connectivity index (χ4v) is 3.78. The van der Waals surface area contributed by atoms with Crippen LogP contribution in [0.5, 0.6) is 0 Å². The molecular formula is C23H24FN5O2. The lowest BCUT2D eigenvalue weighted by atomic mass is 9.99. The van der Waals surface area contributed by atoms with Gasteiger partial charge in [-0.3, -0.25) is 4.90 Å². The molecule has 160 valence electrons. The van der Waals surface area contributed by atoms with Crippen LogP contribution in [0.2, 0.25) is 0 Å². The summed E-state index contributed by atoms with van der Waals surface area (Å²) in [4.78, 5) is 23.8. The molecule has 0 bridgehead atoms. The lowest BCUT2D eigenvalue weighted by Gasteiger charge is -2.34. The Bertz CT molecular complexity index is 1110. The van der Waals surface area contributed by atoms with E-state index in [1.165, 1.54) is 12.1 Å². The van der Waals surface area contributed by atoms with Gasteiger partial charge in [0.1, 0.15) is 11.6 Å². The highest BCUT2D eigenvalue weighted by atomic mass is 19.1. The second kappa shape index (κ2) is 8.69. The van der Waals surface area contributed by atoms with Crippen molar-refractivity contribution in [1.82, 2.24) is 15.3 Å². The van der Waals surface area contributed by atoms with Crippen molar-refractivity contribution in [2.24, 2.45) is 0 Å². The Balaban J connectivity index is 1.89. The zero-order valence-electron chi connectivity index (χ0n) is 17.4. The number of benzene rings is 2. The number of nitrogens with one attached hydrogen (secondary N) is 2. The van der Waals surface area contributed by atoms with Gasteiger partial charge in [0.2, 0.25) is 5.95 Å². The lowest BCUT2D eigenvalue weighted by molar-refractivity contribution is 0.242. The number of hydrogen-bond acceptors (Lipinski definition) is 5. The molecule has 4 rings (SSSR count). The van der Waals surface area contributed by atoms with Gasteiger partial charge in [-0.05, 0) is 43.2 Å². The number of aliphatic hydroxyl groups excluding tert-OH is 1. The van der Waals surface area contributed by atoms with Crippen LogP contribution in [0.15, 0.2) is 48.5 Å². The van der Waals surface area contributed by atoms with Crippen molar-refractivity contribution in [1.29, 1.82) is 0 Å². The van der Waals surface area contributed by atoms with E-state index in [1.54, 1.807) is 11.0 Å². The van der Waals surface area contributed by atoms with E-state index < -0.39 is 0 Å². The molecule has 0 saturated carbocycles. The monoisotopic (exact) mass is 421 g/mol. The van der Waals surface area contributed by atoms with E-state index in [1.807, 2.05) is 44.2 Å². The third kappa shape index (κ3) is 4.06. The highest BCUT2D eigenvalue weighted by Crippen LogP contribution is 2.37. The molecular weight excluding hydrogens is 397 g/mol. The topological polar surface area (TPSA) is 90.4 Å². The van der Waals surface area contributed by atoms with Crippen molar-refractivity contribution in [2.45, 2.75) is 26.4 Å². The summed E-state index contributed by atoms with van der Waals surface area (Å²) in [6.07, 6.45) is 0. The van der Waals surface area contributed by atoms with Crippen LogP contribution < -0.4 is 15.5 Å². The molecule has 0 saturated heterocycles. The summed E-state index contributed by atoms with van der Waals surface area (Å²) in [5, 5.41) is 15.1. The summed E-state index contributed by atoms with van der Waals surface area (Å²) in [6.45, 7) is 4.20. The molecule has 0 fully saturated rings. The molecule has 0 unspecified atom stereocenters. The number of rotatable bonds is 6. The molecule has 1 aromatic heterocycles. The largest absolute Gasteiger partial charge is 0.395 e. The van der Waals surface area contributed by atoms with E-state index in [2.05, 4.69) is 20.6 Å². The average molecular weight is 421 g/mol. The summed E-state index contributed by atoms with van der Waals surface area (Å²) in [5.74, 6) is 0.469. The first-order valence-corrected chi connectivity index (χ1v) is 10.1. The Hall–Kier alpha value is -3.52. The van der Waals surface area contributed by atoms with Crippen LogP contribution in [-0.2, 0) is 6.54 Å². The van der Waals surface area contributed by atoms with Crippen molar-refractivity contribution in [3.8, 4) is 11.3 Å². The standard InChI is InChI=1S/C23H24FN5O2/c1-14-12-17(24)8-9-18(14)20-19-13-26-23(31)29(15(2)16-6-4-3-5-7-16)21(19)28-22(27-20)25-10-11-30/h3-9,12,15,30H,10-11,13H2,1-2H3,(H,26,31)(H,25,27,28)/t15-/m0/s1. The minimum Gasteiger partial charge on any atom is -0.395 e. The lowest BCUT2D eigenvalue weighted by Crippen LogP contribution is -2.46. The van der Waals surface area contributed by atoms with Crippen LogP contribution in [0.1, 0.15) is 29.7 Å². The maximum atomic E-state index is 13.7. The number of amides is 2. The molecule has 31 heavy (non-hydrogen) atoms. The van der Waals surface area contributed by atoms with Crippen molar-refractivity contribution in [3.63, 3.8) is 0 Å². The van der Waals surface area contributed by atoms with Crippen molar-refractivity contribution >= 4 is 17.8 Å². The van der Waals surface area contributed by atoms with Gasteiger partial charge >= 0.3 is 6.03 Å². The van der Waals surface area contributed by atoms with Gasteiger partial charge in [-0.25, -0.2) is 14.2 Å². The van der Waals surface area contributed by atoms with Crippen LogP contribution in [0.25, 0.3) is 11.3 Å². The molecule has 3 aromatic rings. The minimum absolute atomic E-state index is 0.0873. The van der Waals surface area contributed by atoms with E-state index in [4.69, 9.17) is 0 Å². The first kappa shape index (κ1) is 20.7. The molecule has 8 heteroatoms. The zero-order valence-corrected chi connectivity index (χ0v) is 17.4. The molecule has 0 aliphatic carbocycles. The predicted molar refractivity (Wildman–Crippen MR) is 117 cm³/mol. The fraction of sp³-hybridized carbons (Fsp3) is 0.261. The number of halogens is 1.